The first kappa shape index (κ1) is 73.1. The Hall–Kier alpha value is -2.89. The van der Waals surface area contributed by atoms with Gasteiger partial charge in [0, 0.05) is 19.3 Å². The summed E-state index contributed by atoms with van der Waals surface area (Å²) in [7, 11) is 0. The van der Waals surface area contributed by atoms with Crippen LogP contribution in [0.5, 0.6) is 0 Å². The molecule has 0 fully saturated rings. The van der Waals surface area contributed by atoms with Crippen LogP contribution in [0.4, 0.5) is 0 Å². The number of allylic oxidation sites excluding steroid dienone is 10. The van der Waals surface area contributed by atoms with Crippen molar-refractivity contribution in [3.8, 4) is 0 Å². The summed E-state index contributed by atoms with van der Waals surface area (Å²) in [4.78, 5) is 38.0. The van der Waals surface area contributed by atoms with Crippen LogP contribution in [0.3, 0.4) is 0 Å². The van der Waals surface area contributed by atoms with E-state index in [0.29, 0.717) is 19.3 Å². The van der Waals surface area contributed by atoms with Crippen molar-refractivity contribution in [1.29, 1.82) is 0 Å². The number of carbonyl (C=O) groups excluding carboxylic acids is 3. The SMILES string of the molecule is CC/C=C\C/C=C\C/C=C\C/C=C\C/C=C\CCCCCCCCCCCC(=O)OC(COC(=O)CCCCCCC)COC(=O)CCCCCCCCCCCCCCCCCCCCCCCCCCCCCC. The van der Waals surface area contributed by atoms with E-state index in [0.717, 1.165) is 103 Å². The van der Waals surface area contributed by atoms with Crippen molar-refractivity contribution in [1.82, 2.24) is 0 Å². The number of ether oxygens (including phenoxy) is 3. The lowest BCUT2D eigenvalue weighted by molar-refractivity contribution is -0.167. The second-order valence-corrected chi connectivity index (χ2v) is 22.4. The summed E-state index contributed by atoms with van der Waals surface area (Å²) in [5, 5.41) is 0. The van der Waals surface area contributed by atoms with Gasteiger partial charge in [-0.15, -0.1) is 0 Å². The van der Waals surface area contributed by atoms with Gasteiger partial charge in [0.1, 0.15) is 13.2 Å². The fourth-order valence-corrected chi connectivity index (χ4v) is 9.83. The van der Waals surface area contributed by atoms with Crippen LogP contribution in [-0.2, 0) is 28.6 Å². The zero-order valence-corrected chi connectivity index (χ0v) is 50.8. The maximum Gasteiger partial charge on any atom is 0.306 e. The highest BCUT2D eigenvalue weighted by molar-refractivity contribution is 5.71. The lowest BCUT2D eigenvalue weighted by atomic mass is 10.0. The molecular formula is C70H126O6. The van der Waals surface area contributed by atoms with E-state index < -0.39 is 6.10 Å². The van der Waals surface area contributed by atoms with E-state index in [-0.39, 0.29) is 31.1 Å². The molecule has 0 aliphatic rings. The standard InChI is InChI=1S/C70H126O6/c1-4-7-10-13-15-17-19-21-23-25-27-29-31-33-34-35-37-38-40-42-44-46-48-50-52-54-57-60-63-69(72)75-66-67(65-74-68(71)62-59-56-12-9-6-3)76-70(73)64-61-58-55-53-51-49-47-45-43-41-39-36-32-30-28-26-24-22-20-18-16-14-11-8-5-2/h8,11,16,18,22,24,28,30,36,39,67H,4-7,9-10,12-15,17,19-21,23,25-27,29,31-35,37-38,40-66H2,1-3H3/b11-8-,18-16-,24-22-,30-28-,39-36-. The average molecular weight is 1060 g/mol. The van der Waals surface area contributed by atoms with Gasteiger partial charge in [0.2, 0.25) is 0 Å². The predicted molar refractivity (Wildman–Crippen MR) is 330 cm³/mol. The van der Waals surface area contributed by atoms with Gasteiger partial charge in [0.15, 0.2) is 6.10 Å². The Morgan fingerprint density at radius 2 is 0.513 bits per heavy atom. The molecule has 0 aliphatic heterocycles. The Bertz CT molecular complexity index is 1360. The molecule has 0 N–H and O–H groups in total. The summed E-state index contributed by atoms with van der Waals surface area (Å²) in [5.74, 6) is -0.876. The van der Waals surface area contributed by atoms with Gasteiger partial charge in [-0.3, -0.25) is 14.4 Å². The van der Waals surface area contributed by atoms with E-state index in [4.69, 9.17) is 14.2 Å². The molecule has 0 radical (unpaired) electrons. The quantitative estimate of drug-likeness (QED) is 0.0261. The van der Waals surface area contributed by atoms with Crippen LogP contribution < -0.4 is 0 Å². The van der Waals surface area contributed by atoms with Gasteiger partial charge in [-0.25, -0.2) is 0 Å². The highest BCUT2D eigenvalue weighted by Gasteiger charge is 2.19. The zero-order chi connectivity index (χ0) is 55.0. The molecule has 1 unspecified atom stereocenters. The Morgan fingerprint density at radius 3 is 0.803 bits per heavy atom. The molecule has 0 spiro atoms. The Kier molecular flexibility index (Phi) is 62.2. The van der Waals surface area contributed by atoms with Crippen molar-refractivity contribution in [2.45, 2.75) is 354 Å². The molecule has 0 rings (SSSR count). The summed E-state index contributed by atoms with van der Waals surface area (Å²) in [6.45, 7) is 6.49. The largest absolute Gasteiger partial charge is 0.462 e. The molecule has 0 aromatic rings. The monoisotopic (exact) mass is 1060 g/mol. The molecule has 0 bridgehead atoms. The zero-order valence-electron chi connectivity index (χ0n) is 50.8. The Labute approximate surface area is 472 Å². The Balaban J connectivity index is 3.99. The fourth-order valence-electron chi connectivity index (χ4n) is 9.83. The van der Waals surface area contributed by atoms with Gasteiger partial charge >= 0.3 is 17.9 Å². The van der Waals surface area contributed by atoms with Crippen LogP contribution in [0.15, 0.2) is 60.8 Å². The van der Waals surface area contributed by atoms with Crippen molar-refractivity contribution >= 4 is 17.9 Å². The molecule has 0 aromatic carbocycles. The number of hydrogen-bond donors (Lipinski definition) is 0. The first-order valence-electron chi connectivity index (χ1n) is 33.3. The molecule has 0 aliphatic carbocycles. The maximum atomic E-state index is 12.8. The Morgan fingerprint density at radius 1 is 0.276 bits per heavy atom. The topological polar surface area (TPSA) is 78.9 Å². The number of unbranched alkanes of at least 4 members (excludes halogenated alkanes) is 40. The van der Waals surface area contributed by atoms with Crippen molar-refractivity contribution in [3.63, 3.8) is 0 Å². The van der Waals surface area contributed by atoms with Crippen LogP contribution >= 0.6 is 0 Å². The van der Waals surface area contributed by atoms with Crippen LogP contribution in [0.25, 0.3) is 0 Å². The predicted octanol–water partition coefficient (Wildman–Crippen LogP) is 22.7. The summed E-state index contributed by atoms with van der Waals surface area (Å²) >= 11 is 0. The minimum atomic E-state index is -0.773. The molecule has 0 amide bonds. The number of rotatable bonds is 61. The van der Waals surface area contributed by atoms with E-state index in [1.54, 1.807) is 0 Å². The molecule has 0 aromatic heterocycles. The van der Waals surface area contributed by atoms with Crippen LogP contribution in [-0.4, -0.2) is 37.2 Å². The van der Waals surface area contributed by atoms with Gasteiger partial charge in [0.25, 0.3) is 0 Å². The summed E-state index contributed by atoms with van der Waals surface area (Å²) in [6.07, 6.45) is 83.0. The van der Waals surface area contributed by atoms with Crippen LogP contribution in [0.2, 0.25) is 0 Å². The minimum Gasteiger partial charge on any atom is -0.462 e. The van der Waals surface area contributed by atoms with E-state index in [1.807, 2.05) is 0 Å². The molecule has 6 heteroatoms. The van der Waals surface area contributed by atoms with Crippen molar-refractivity contribution in [2.75, 3.05) is 13.2 Å². The summed E-state index contributed by atoms with van der Waals surface area (Å²) in [5.41, 5.74) is 0. The van der Waals surface area contributed by atoms with Gasteiger partial charge in [0.05, 0.1) is 0 Å². The third-order valence-electron chi connectivity index (χ3n) is 14.8. The summed E-state index contributed by atoms with van der Waals surface area (Å²) < 4.78 is 16.8. The molecule has 0 heterocycles. The minimum absolute atomic E-state index is 0.0732. The highest BCUT2D eigenvalue weighted by Crippen LogP contribution is 2.18. The molecule has 0 saturated carbocycles. The van der Waals surface area contributed by atoms with E-state index >= 15 is 0 Å². The van der Waals surface area contributed by atoms with Gasteiger partial charge in [-0.2, -0.15) is 0 Å². The molecule has 442 valence electrons. The second kappa shape index (κ2) is 64.6. The van der Waals surface area contributed by atoms with Gasteiger partial charge in [-0.1, -0.05) is 326 Å². The normalized spacial score (nSPS) is 12.4. The smallest absolute Gasteiger partial charge is 0.306 e. The van der Waals surface area contributed by atoms with Crippen LogP contribution in [0, 0.1) is 0 Å². The van der Waals surface area contributed by atoms with Crippen molar-refractivity contribution in [3.05, 3.63) is 60.8 Å². The number of carbonyl (C=O) groups is 3. The molecule has 76 heavy (non-hydrogen) atoms. The summed E-state index contributed by atoms with van der Waals surface area (Å²) in [6, 6.07) is 0. The van der Waals surface area contributed by atoms with Gasteiger partial charge < -0.3 is 14.2 Å². The van der Waals surface area contributed by atoms with E-state index in [9.17, 15) is 14.4 Å². The first-order chi connectivity index (χ1) is 37.5. The van der Waals surface area contributed by atoms with E-state index in [2.05, 4.69) is 81.5 Å². The third kappa shape index (κ3) is 62.0. The third-order valence-corrected chi connectivity index (χ3v) is 14.8. The number of hydrogen-bond acceptors (Lipinski definition) is 6. The van der Waals surface area contributed by atoms with Gasteiger partial charge in [-0.05, 0) is 64.2 Å². The molecule has 0 saturated heterocycles. The highest BCUT2D eigenvalue weighted by atomic mass is 16.6. The molecule has 1 atom stereocenters. The average Bonchev–Trinajstić information content (AvgIpc) is 3.42. The van der Waals surface area contributed by atoms with E-state index in [1.165, 1.54) is 205 Å². The molecular weight excluding hydrogens is 937 g/mol. The lowest BCUT2D eigenvalue weighted by Crippen LogP contribution is -2.30. The van der Waals surface area contributed by atoms with Crippen LogP contribution in [0.1, 0.15) is 348 Å². The molecule has 6 nitrogen and oxygen atoms in total. The fraction of sp³-hybridized carbons (Fsp3) is 0.814. The first-order valence-corrected chi connectivity index (χ1v) is 33.3. The van der Waals surface area contributed by atoms with Crippen molar-refractivity contribution < 1.29 is 28.6 Å². The maximum absolute atomic E-state index is 12.8. The second-order valence-electron chi connectivity index (χ2n) is 22.4. The number of esters is 3. The lowest BCUT2D eigenvalue weighted by Gasteiger charge is -2.18. The van der Waals surface area contributed by atoms with Crippen molar-refractivity contribution in [2.24, 2.45) is 0 Å².